The quantitative estimate of drug-likeness (QED) is 0.569. The van der Waals surface area contributed by atoms with Gasteiger partial charge < -0.3 is 22.9 Å². The Hall–Kier alpha value is -1.06. The van der Waals surface area contributed by atoms with E-state index < -0.39 is 0 Å². The molecule has 0 saturated heterocycles. The number of halogens is 1. The number of benzene rings is 1. The Labute approximate surface area is 89.7 Å². The third kappa shape index (κ3) is 3.01. The molecule has 0 radical (unpaired) electrons. The summed E-state index contributed by atoms with van der Waals surface area (Å²) in [6.45, 7) is 2.01. The standard InChI is InChI=1S/C10H13NO2.ClH/c1-7(11)8-3-5-9(6-4-8)10(12)13-2;/h3-7H,11H2,1-2H3;1H/t7-;/m0./s1. The van der Waals surface area contributed by atoms with Gasteiger partial charge in [-0.2, -0.15) is 0 Å². The fraction of sp³-hybridized carbons (Fsp3) is 0.300. The van der Waals surface area contributed by atoms with E-state index in [9.17, 15) is 4.79 Å². The summed E-state index contributed by atoms with van der Waals surface area (Å²) in [4.78, 5) is 11.1. The number of methoxy groups -OCH3 is 1. The molecule has 3 N–H and O–H groups in total. The molecule has 1 aromatic carbocycles. The van der Waals surface area contributed by atoms with Crippen LogP contribution in [0.2, 0.25) is 0 Å². The summed E-state index contributed by atoms with van der Waals surface area (Å²) in [5.41, 5.74) is 5.58. The van der Waals surface area contributed by atoms with E-state index in [4.69, 9.17) is 0 Å². The molecule has 0 unspecified atom stereocenters. The van der Waals surface area contributed by atoms with E-state index >= 15 is 0 Å². The highest BCUT2D eigenvalue weighted by molar-refractivity contribution is 5.89. The Morgan fingerprint density at radius 3 is 2.21 bits per heavy atom. The molecule has 78 valence electrons. The van der Waals surface area contributed by atoms with E-state index in [0.29, 0.717) is 5.56 Å². The average molecular weight is 216 g/mol. The van der Waals surface area contributed by atoms with Crippen LogP contribution in [0, 0.1) is 0 Å². The van der Waals surface area contributed by atoms with Crippen molar-refractivity contribution in [2.24, 2.45) is 0 Å². The van der Waals surface area contributed by atoms with Crippen LogP contribution in [0.3, 0.4) is 0 Å². The lowest BCUT2D eigenvalue weighted by atomic mass is 10.1. The molecule has 0 fully saturated rings. The smallest absolute Gasteiger partial charge is 0.337 e. The zero-order chi connectivity index (χ0) is 9.84. The molecule has 3 nitrogen and oxygen atoms in total. The minimum Gasteiger partial charge on any atom is -1.00 e. The molecule has 0 aliphatic carbocycles. The first-order valence-electron chi connectivity index (χ1n) is 4.16. The van der Waals surface area contributed by atoms with Crippen LogP contribution in [-0.4, -0.2) is 13.1 Å². The van der Waals surface area contributed by atoms with Crippen molar-refractivity contribution in [3.8, 4) is 0 Å². The van der Waals surface area contributed by atoms with Crippen molar-refractivity contribution in [2.75, 3.05) is 7.11 Å². The first kappa shape index (κ1) is 12.9. The number of rotatable bonds is 2. The van der Waals surface area contributed by atoms with Crippen LogP contribution >= 0.6 is 0 Å². The zero-order valence-corrected chi connectivity index (χ0v) is 9.04. The molecule has 0 spiro atoms. The predicted octanol–water partition coefficient (Wildman–Crippen LogP) is -2.22. The van der Waals surface area contributed by atoms with Crippen molar-refractivity contribution in [3.63, 3.8) is 0 Å². The normalized spacial score (nSPS) is 11.4. The summed E-state index contributed by atoms with van der Waals surface area (Å²) in [5.74, 6) is -0.303. The number of hydrogen-bond donors (Lipinski definition) is 1. The Kier molecular flexibility index (Phi) is 5.20. The predicted molar refractivity (Wildman–Crippen MR) is 49.1 cm³/mol. The van der Waals surface area contributed by atoms with E-state index in [2.05, 4.69) is 10.5 Å². The van der Waals surface area contributed by atoms with Crippen LogP contribution in [-0.2, 0) is 4.74 Å². The maximum atomic E-state index is 11.1. The highest BCUT2D eigenvalue weighted by atomic mass is 35.5. The lowest BCUT2D eigenvalue weighted by molar-refractivity contribution is -0.420. The van der Waals surface area contributed by atoms with Gasteiger partial charge in [-0.05, 0) is 19.1 Å². The Balaban J connectivity index is 0.00000169. The van der Waals surface area contributed by atoms with Gasteiger partial charge in [-0.1, -0.05) is 12.1 Å². The van der Waals surface area contributed by atoms with Gasteiger partial charge in [-0.25, -0.2) is 4.79 Å². The molecule has 0 amide bonds. The molecule has 0 aliphatic rings. The second-order valence-electron chi connectivity index (χ2n) is 3.01. The summed E-state index contributed by atoms with van der Waals surface area (Å²) >= 11 is 0. The number of quaternary nitrogens is 1. The molecular formula is C10H14ClNO2. The maximum absolute atomic E-state index is 11.1. The summed E-state index contributed by atoms with van der Waals surface area (Å²) in [7, 11) is 1.38. The van der Waals surface area contributed by atoms with Crippen molar-refractivity contribution >= 4 is 5.97 Å². The van der Waals surface area contributed by atoms with Crippen LogP contribution in [0.15, 0.2) is 24.3 Å². The minimum absolute atomic E-state index is 0. The van der Waals surface area contributed by atoms with Crippen molar-refractivity contribution in [1.29, 1.82) is 0 Å². The number of carbonyl (C=O) groups is 1. The van der Waals surface area contributed by atoms with E-state index in [1.165, 1.54) is 7.11 Å². The summed E-state index contributed by atoms with van der Waals surface area (Å²) in [6, 6.07) is 7.53. The molecule has 1 rings (SSSR count). The summed E-state index contributed by atoms with van der Waals surface area (Å²) in [6.07, 6.45) is 0. The zero-order valence-electron chi connectivity index (χ0n) is 8.29. The lowest BCUT2D eigenvalue weighted by Gasteiger charge is -2.03. The second-order valence-corrected chi connectivity index (χ2v) is 3.01. The first-order chi connectivity index (χ1) is 6.15. The highest BCUT2D eigenvalue weighted by Crippen LogP contribution is 2.09. The molecule has 0 saturated carbocycles. The van der Waals surface area contributed by atoms with Crippen molar-refractivity contribution < 1.29 is 27.7 Å². The Morgan fingerprint density at radius 1 is 1.36 bits per heavy atom. The van der Waals surface area contributed by atoms with Gasteiger partial charge in [-0.3, -0.25) is 0 Å². The van der Waals surface area contributed by atoms with E-state index in [1.807, 2.05) is 19.1 Å². The van der Waals surface area contributed by atoms with Gasteiger partial charge in [0.2, 0.25) is 0 Å². The van der Waals surface area contributed by atoms with Crippen molar-refractivity contribution in [3.05, 3.63) is 35.4 Å². The third-order valence-electron chi connectivity index (χ3n) is 1.90. The van der Waals surface area contributed by atoms with Gasteiger partial charge in [0.15, 0.2) is 0 Å². The number of esters is 1. The van der Waals surface area contributed by atoms with Crippen LogP contribution in [0.5, 0.6) is 0 Å². The molecule has 1 aromatic rings. The number of ether oxygens (including phenoxy) is 1. The third-order valence-corrected chi connectivity index (χ3v) is 1.90. The largest absolute Gasteiger partial charge is 1.00 e. The van der Waals surface area contributed by atoms with E-state index in [0.717, 1.165) is 5.56 Å². The fourth-order valence-electron chi connectivity index (χ4n) is 1.07. The second kappa shape index (κ2) is 5.62. The fourth-order valence-corrected chi connectivity index (χ4v) is 1.07. The summed E-state index contributed by atoms with van der Waals surface area (Å²) < 4.78 is 4.58. The molecule has 0 bridgehead atoms. The Morgan fingerprint density at radius 2 is 1.86 bits per heavy atom. The molecular weight excluding hydrogens is 202 g/mol. The van der Waals surface area contributed by atoms with Crippen molar-refractivity contribution in [2.45, 2.75) is 13.0 Å². The van der Waals surface area contributed by atoms with Crippen LogP contribution < -0.4 is 18.1 Å². The molecule has 4 heteroatoms. The van der Waals surface area contributed by atoms with Gasteiger partial charge in [0, 0.05) is 5.56 Å². The molecule has 0 aromatic heterocycles. The van der Waals surface area contributed by atoms with Gasteiger partial charge in [0.05, 0.1) is 12.7 Å². The van der Waals surface area contributed by atoms with Gasteiger partial charge in [-0.15, -0.1) is 0 Å². The molecule has 0 aliphatic heterocycles. The van der Waals surface area contributed by atoms with Crippen LogP contribution in [0.1, 0.15) is 28.9 Å². The van der Waals surface area contributed by atoms with Crippen LogP contribution in [0.25, 0.3) is 0 Å². The minimum atomic E-state index is -0.303. The van der Waals surface area contributed by atoms with Crippen molar-refractivity contribution in [1.82, 2.24) is 0 Å². The molecule has 0 heterocycles. The monoisotopic (exact) mass is 215 g/mol. The SMILES string of the molecule is COC(=O)c1ccc([C@H](C)[NH3+])cc1.[Cl-]. The lowest BCUT2D eigenvalue weighted by Crippen LogP contribution is -3.00. The highest BCUT2D eigenvalue weighted by Gasteiger charge is 2.06. The van der Waals surface area contributed by atoms with Crippen LogP contribution in [0.4, 0.5) is 0 Å². The molecule has 14 heavy (non-hydrogen) atoms. The maximum Gasteiger partial charge on any atom is 0.337 e. The van der Waals surface area contributed by atoms with Gasteiger partial charge in [0.25, 0.3) is 0 Å². The molecule has 1 atom stereocenters. The van der Waals surface area contributed by atoms with Gasteiger partial charge >= 0.3 is 5.97 Å². The Bertz CT molecular complexity index is 295. The summed E-state index contributed by atoms with van der Waals surface area (Å²) in [5, 5.41) is 0. The number of hydrogen-bond acceptors (Lipinski definition) is 2. The van der Waals surface area contributed by atoms with E-state index in [1.54, 1.807) is 12.1 Å². The number of carbonyl (C=O) groups excluding carboxylic acids is 1. The topological polar surface area (TPSA) is 53.9 Å². The van der Waals surface area contributed by atoms with E-state index in [-0.39, 0.29) is 24.4 Å². The average Bonchev–Trinajstić information content (AvgIpc) is 2.17. The van der Waals surface area contributed by atoms with Gasteiger partial charge in [0.1, 0.15) is 6.04 Å². The first-order valence-corrected chi connectivity index (χ1v) is 4.16.